The molecule has 2 N–H and O–H groups in total. The second-order valence-electron chi connectivity index (χ2n) is 9.54. The van der Waals surface area contributed by atoms with Crippen LogP contribution in [-0.2, 0) is 17.8 Å². The van der Waals surface area contributed by atoms with E-state index in [1.165, 1.54) is 0 Å². The van der Waals surface area contributed by atoms with E-state index in [9.17, 15) is 9.59 Å². The van der Waals surface area contributed by atoms with E-state index in [0.29, 0.717) is 31.0 Å². The monoisotopic (exact) mass is 497 g/mol. The Labute approximate surface area is 216 Å². The van der Waals surface area contributed by atoms with Gasteiger partial charge in [0.1, 0.15) is 24.6 Å². The van der Waals surface area contributed by atoms with Crippen LogP contribution in [-0.4, -0.2) is 64.0 Å². The number of aliphatic hydroxyl groups is 1. The van der Waals surface area contributed by atoms with Gasteiger partial charge in [-0.2, -0.15) is 0 Å². The van der Waals surface area contributed by atoms with Crippen LogP contribution in [0.15, 0.2) is 78.9 Å². The Balaban J connectivity index is 1.37. The molecule has 4 aromatic rings. The quantitative estimate of drug-likeness (QED) is 0.386. The largest absolute Gasteiger partial charge is 0.491 e. The van der Waals surface area contributed by atoms with E-state index in [2.05, 4.69) is 17.1 Å². The summed E-state index contributed by atoms with van der Waals surface area (Å²) in [4.78, 5) is 33.7. The van der Waals surface area contributed by atoms with Gasteiger partial charge in [-0.3, -0.25) is 9.59 Å². The molecule has 1 atom stereocenters. The van der Waals surface area contributed by atoms with Crippen LogP contribution in [0.2, 0.25) is 0 Å². The lowest BCUT2D eigenvalue weighted by Crippen LogP contribution is -2.58. The number of hydrogen-bond acceptors (Lipinski definition) is 4. The SMILES string of the molecule is Cc1ccc2[nH]c(C(=O)N3CC(=O)N(Cc4ccc(OCCO)cc4)[C@@H](Cc4ccccc4)C3)cc2c1. The number of amides is 2. The normalized spacial score (nSPS) is 15.8. The number of rotatable bonds is 8. The topological polar surface area (TPSA) is 85.9 Å². The van der Waals surface area contributed by atoms with Crippen molar-refractivity contribution in [1.82, 2.24) is 14.8 Å². The lowest BCUT2D eigenvalue weighted by molar-refractivity contribution is -0.139. The minimum Gasteiger partial charge on any atom is -0.491 e. The molecule has 1 fully saturated rings. The summed E-state index contributed by atoms with van der Waals surface area (Å²) < 4.78 is 5.45. The number of fused-ring (bicyclic) bond motifs is 1. The smallest absolute Gasteiger partial charge is 0.270 e. The summed E-state index contributed by atoms with van der Waals surface area (Å²) in [6.07, 6.45) is 0.653. The zero-order valence-corrected chi connectivity index (χ0v) is 20.9. The van der Waals surface area contributed by atoms with Gasteiger partial charge in [0, 0.05) is 24.0 Å². The minimum absolute atomic E-state index is 0.0379. The molecule has 1 aliphatic rings. The molecule has 7 nitrogen and oxygen atoms in total. The Morgan fingerprint density at radius 1 is 1.03 bits per heavy atom. The molecule has 7 heteroatoms. The van der Waals surface area contributed by atoms with Crippen LogP contribution >= 0.6 is 0 Å². The van der Waals surface area contributed by atoms with E-state index in [1.807, 2.05) is 78.6 Å². The predicted octanol–water partition coefficient (Wildman–Crippen LogP) is 3.94. The molecule has 0 spiro atoms. The molecule has 0 radical (unpaired) electrons. The van der Waals surface area contributed by atoms with E-state index in [4.69, 9.17) is 9.84 Å². The zero-order chi connectivity index (χ0) is 25.8. The van der Waals surface area contributed by atoms with Crippen LogP contribution in [0.1, 0.15) is 27.2 Å². The number of H-pyrrole nitrogens is 1. The summed E-state index contributed by atoms with van der Waals surface area (Å²) >= 11 is 0. The number of aromatic nitrogens is 1. The van der Waals surface area contributed by atoms with Crippen LogP contribution in [0, 0.1) is 6.92 Å². The second kappa shape index (κ2) is 10.9. The fourth-order valence-corrected chi connectivity index (χ4v) is 4.90. The van der Waals surface area contributed by atoms with Gasteiger partial charge in [0.05, 0.1) is 12.6 Å². The molecule has 0 aliphatic carbocycles. The first kappa shape index (κ1) is 24.6. The van der Waals surface area contributed by atoms with Crippen LogP contribution in [0.5, 0.6) is 5.75 Å². The van der Waals surface area contributed by atoms with E-state index in [1.54, 1.807) is 4.90 Å². The average molecular weight is 498 g/mol. The first-order valence-electron chi connectivity index (χ1n) is 12.5. The molecule has 190 valence electrons. The van der Waals surface area contributed by atoms with Crippen molar-refractivity contribution in [3.63, 3.8) is 0 Å². The third-order valence-electron chi connectivity index (χ3n) is 6.76. The molecule has 0 bridgehead atoms. The van der Waals surface area contributed by atoms with Gasteiger partial charge in [-0.15, -0.1) is 0 Å². The Hall–Kier alpha value is -4.10. The highest BCUT2D eigenvalue weighted by molar-refractivity contribution is 6.00. The number of ether oxygens (including phenoxy) is 1. The Morgan fingerprint density at radius 2 is 1.81 bits per heavy atom. The van der Waals surface area contributed by atoms with Gasteiger partial charge in [-0.1, -0.05) is 54.1 Å². The standard InChI is InChI=1S/C30H31N3O4/c1-21-7-12-27-24(15-21)17-28(31-27)30(36)32-19-25(16-22-5-3-2-4-6-22)33(29(35)20-32)18-23-8-10-26(11-9-23)37-14-13-34/h2-12,15,17,25,31,34H,13-14,16,18-20H2,1H3/t25-/m0/s1. The molecule has 1 aromatic heterocycles. The number of aromatic amines is 1. The van der Waals surface area contributed by atoms with Gasteiger partial charge >= 0.3 is 0 Å². The van der Waals surface area contributed by atoms with Crippen molar-refractivity contribution in [1.29, 1.82) is 0 Å². The van der Waals surface area contributed by atoms with Gasteiger partial charge in [0.2, 0.25) is 5.91 Å². The molecule has 0 unspecified atom stereocenters. The Bertz CT molecular complexity index is 1380. The number of benzene rings is 3. The van der Waals surface area contributed by atoms with Gasteiger partial charge in [0.15, 0.2) is 0 Å². The first-order valence-corrected chi connectivity index (χ1v) is 12.5. The average Bonchev–Trinajstić information content (AvgIpc) is 3.33. The number of piperazine rings is 1. The fourth-order valence-electron chi connectivity index (χ4n) is 4.90. The summed E-state index contributed by atoms with van der Waals surface area (Å²) in [5.41, 5.74) is 4.64. The Morgan fingerprint density at radius 3 is 2.57 bits per heavy atom. The maximum absolute atomic E-state index is 13.5. The van der Waals surface area contributed by atoms with Gasteiger partial charge in [0.25, 0.3) is 5.91 Å². The van der Waals surface area contributed by atoms with Crippen molar-refractivity contribution >= 4 is 22.7 Å². The van der Waals surface area contributed by atoms with Crippen molar-refractivity contribution < 1.29 is 19.4 Å². The highest BCUT2D eigenvalue weighted by atomic mass is 16.5. The van der Waals surface area contributed by atoms with Crippen molar-refractivity contribution in [3.8, 4) is 5.75 Å². The van der Waals surface area contributed by atoms with Gasteiger partial charge in [-0.25, -0.2) is 0 Å². The highest BCUT2D eigenvalue weighted by Crippen LogP contribution is 2.23. The third-order valence-corrected chi connectivity index (χ3v) is 6.76. The number of hydrogen-bond donors (Lipinski definition) is 2. The Kier molecular flexibility index (Phi) is 7.23. The minimum atomic E-state index is -0.162. The molecule has 37 heavy (non-hydrogen) atoms. The molecule has 1 saturated heterocycles. The number of aryl methyl sites for hydroxylation is 1. The number of carbonyl (C=O) groups excluding carboxylic acids is 2. The summed E-state index contributed by atoms with van der Waals surface area (Å²) in [7, 11) is 0. The second-order valence-corrected chi connectivity index (χ2v) is 9.54. The number of aliphatic hydroxyl groups excluding tert-OH is 1. The highest BCUT2D eigenvalue weighted by Gasteiger charge is 2.35. The van der Waals surface area contributed by atoms with E-state index < -0.39 is 0 Å². The van der Waals surface area contributed by atoms with Crippen LogP contribution in [0.25, 0.3) is 10.9 Å². The third kappa shape index (κ3) is 5.67. The molecule has 2 amide bonds. The number of nitrogens with one attached hydrogen (secondary N) is 1. The lowest BCUT2D eigenvalue weighted by atomic mass is 10.0. The molecule has 3 aromatic carbocycles. The van der Waals surface area contributed by atoms with E-state index in [0.717, 1.165) is 27.6 Å². The maximum Gasteiger partial charge on any atom is 0.270 e. The lowest BCUT2D eigenvalue weighted by Gasteiger charge is -2.41. The zero-order valence-electron chi connectivity index (χ0n) is 20.9. The van der Waals surface area contributed by atoms with Gasteiger partial charge < -0.3 is 24.6 Å². The summed E-state index contributed by atoms with van der Waals surface area (Å²) in [5, 5.41) is 9.95. The van der Waals surface area contributed by atoms with E-state index in [-0.39, 0.29) is 37.6 Å². The van der Waals surface area contributed by atoms with Crippen molar-refractivity contribution in [2.75, 3.05) is 26.3 Å². The molecule has 5 rings (SSSR count). The van der Waals surface area contributed by atoms with Crippen LogP contribution in [0.3, 0.4) is 0 Å². The first-order chi connectivity index (χ1) is 18.0. The van der Waals surface area contributed by atoms with E-state index >= 15 is 0 Å². The maximum atomic E-state index is 13.5. The van der Waals surface area contributed by atoms with Crippen molar-refractivity contribution in [3.05, 3.63) is 101 Å². The van der Waals surface area contributed by atoms with Crippen LogP contribution < -0.4 is 4.74 Å². The summed E-state index contributed by atoms with van der Waals surface area (Å²) in [6, 6.07) is 25.4. The molecule has 0 saturated carbocycles. The summed E-state index contributed by atoms with van der Waals surface area (Å²) in [6.45, 7) is 3.16. The predicted molar refractivity (Wildman–Crippen MR) is 142 cm³/mol. The molecular weight excluding hydrogens is 466 g/mol. The molecular formula is C30H31N3O4. The fraction of sp³-hybridized carbons (Fsp3) is 0.267. The van der Waals surface area contributed by atoms with Gasteiger partial charge in [-0.05, 0) is 54.8 Å². The summed E-state index contributed by atoms with van der Waals surface area (Å²) in [5.74, 6) is 0.437. The molecule has 2 heterocycles. The number of nitrogens with zero attached hydrogens (tertiary/aromatic N) is 2. The molecule has 1 aliphatic heterocycles. The van der Waals surface area contributed by atoms with Crippen molar-refractivity contribution in [2.45, 2.75) is 25.9 Å². The number of carbonyl (C=O) groups is 2. The van der Waals surface area contributed by atoms with Crippen LogP contribution in [0.4, 0.5) is 0 Å². The van der Waals surface area contributed by atoms with Crippen molar-refractivity contribution in [2.24, 2.45) is 0 Å².